The molecule has 3 nitrogen and oxygen atoms in total. The van der Waals surface area contributed by atoms with Crippen molar-refractivity contribution in [2.45, 2.75) is 43.3 Å². The molecule has 0 aliphatic heterocycles. The second kappa shape index (κ2) is 8.15. The van der Waals surface area contributed by atoms with Crippen molar-refractivity contribution in [3.05, 3.63) is 65.7 Å². The number of thioether (sulfide) groups is 1. The molecule has 1 N–H and O–H groups in total. The summed E-state index contributed by atoms with van der Waals surface area (Å²) in [5.74, 6) is -0.105. The van der Waals surface area contributed by atoms with E-state index in [0.29, 0.717) is 0 Å². The van der Waals surface area contributed by atoms with Crippen molar-refractivity contribution in [1.29, 1.82) is 0 Å². The van der Waals surface area contributed by atoms with Crippen molar-refractivity contribution in [3.63, 3.8) is 0 Å². The van der Waals surface area contributed by atoms with Gasteiger partial charge in [0.1, 0.15) is 0 Å². The van der Waals surface area contributed by atoms with Crippen LogP contribution in [0.4, 0.5) is 0 Å². The molecule has 2 aromatic carbocycles. The molecule has 0 bridgehead atoms. The number of nitrogens with zero attached hydrogens (tertiary/aromatic N) is 1. The molecule has 0 aromatic heterocycles. The second-order valence-electron chi connectivity index (χ2n) is 6.68. The monoisotopic (exact) mass is 340 g/mol. The van der Waals surface area contributed by atoms with Crippen molar-refractivity contribution in [2.75, 3.05) is 0 Å². The minimum Gasteiger partial charge on any atom is -0.272 e. The Morgan fingerprint density at radius 1 is 1.08 bits per heavy atom. The van der Waals surface area contributed by atoms with Crippen LogP contribution in [0.2, 0.25) is 0 Å². The van der Waals surface area contributed by atoms with Gasteiger partial charge in [-0.1, -0.05) is 63.2 Å². The zero-order chi connectivity index (χ0) is 17.6. The molecule has 0 aliphatic rings. The Hall–Kier alpha value is -2.07. The number of hydrogen-bond acceptors (Lipinski definition) is 3. The maximum atomic E-state index is 12.1. The predicted molar refractivity (Wildman–Crippen MR) is 103 cm³/mol. The highest BCUT2D eigenvalue weighted by atomic mass is 32.2. The first-order valence-corrected chi connectivity index (χ1v) is 8.89. The van der Waals surface area contributed by atoms with E-state index in [0.717, 1.165) is 10.5 Å². The van der Waals surface area contributed by atoms with Gasteiger partial charge in [-0.3, -0.25) is 4.79 Å². The van der Waals surface area contributed by atoms with Gasteiger partial charge in [0, 0.05) is 4.90 Å². The second-order valence-corrected chi connectivity index (χ2v) is 8.09. The Kier molecular flexibility index (Phi) is 6.21. The van der Waals surface area contributed by atoms with Gasteiger partial charge in [-0.15, -0.1) is 11.8 Å². The van der Waals surface area contributed by atoms with Gasteiger partial charge in [0.15, 0.2) is 0 Å². The predicted octanol–water partition coefficient (Wildman–Crippen LogP) is 4.62. The summed E-state index contributed by atoms with van der Waals surface area (Å²) in [6, 6.07) is 18.1. The molecule has 0 saturated carbocycles. The van der Waals surface area contributed by atoms with Gasteiger partial charge < -0.3 is 0 Å². The van der Waals surface area contributed by atoms with Gasteiger partial charge >= 0.3 is 0 Å². The molecule has 0 aliphatic carbocycles. The number of hydrazone groups is 1. The van der Waals surface area contributed by atoms with Crippen molar-refractivity contribution >= 4 is 23.9 Å². The van der Waals surface area contributed by atoms with E-state index in [1.54, 1.807) is 6.21 Å². The van der Waals surface area contributed by atoms with Gasteiger partial charge in [0.25, 0.3) is 5.91 Å². The van der Waals surface area contributed by atoms with Crippen LogP contribution >= 0.6 is 11.8 Å². The van der Waals surface area contributed by atoms with Crippen LogP contribution in [0.3, 0.4) is 0 Å². The highest BCUT2D eigenvalue weighted by molar-refractivity contribution is 8.00. The van der Waals surface area contributed by atoms with Gasteiger partial charge in [0.05, 0.1) is 11.5 Å². The topological polar surface area (TPSA) is 41.5 Å². The molecule has 0 unspecified atom stereocenters. The van der Waals surface area contributed by atoms with Gasteiger partial charge in [-0.05, 0) is 35.6 Å². The molecule has 0 radical (unpaired) electrons. The number of carbonyl (C=O) groups is 1. The Balaban J connectivity index is 1.87. The fraction of sp³-hybridized carbons (Fsp3) is 0.300. The first-order valence-electron chi connectivity index (χ1n) is 8.01. The van der Waals surface area contributed by atoms with E-state index in [1.165, 1.54) is 17.3 Å². The molecule has 4 heteroatoms. The van der Waals surface area contributed by atoms with Crippen LogP contribution in [0.1, 0.15) is 38.8 Å². The summed E-state index contributed by atoms with van der Waals surface area (Å²) in [6.45, 7) is 8.42. The quantitative estimate of drug-likeness (QED) is 0.490. The molecule has 1 atom stereocenters. The minimum absolute atomic E-state index is 0.105. The third-order valence-electron chi connectivity index (χ3n) is 3.59. The van der Waals surface area contributed by atoms with E-state index in [2.05, 4.69) is 43.4 Å². The van der Waals surface area contributed by atoms with Crippen molar-refractivity contribution in [1.82, 2.24) is 5.43 Å². The maximum Gasteiger partial charge on any atom is 0.253 e. The van der Waals surface area contributed by atoms with E-state index in [4.69, 9.17) is 0 Å². The smallest absolute Gasteiger partial charge is 0.253 e. The van der Waals surface area contributed by atoms with Gasteiger partial charge in [-0.2, -0.15) is 5.10 Å². The van der Waals surface area contributed by atoms with Crippen LogP contribution in [0.25, 0.3) is 0 Å². The van der Waals surface area contributed by atoms with E-state index in [1.807, 2.05) is 49.4 Å². The van der Waals surface area contributed by atoms with Crippen LogP contribution in [0.5, 0.6) is 0 Å². The van der Waals surface area contributed by atoms with Crippen LogP contribution in [0.15, 0.2) is 64.6 Å². The summed E-state index contributed by atoms with van der Waals surface area (Å²) >= 11 is 1.52. The molecule has 1 amide bonds. The van der Waals surface area contributed by atoms with Crippen molar-refractivity contribution < 1.29 is 4.79 Å². The fourth-order valence-electron chi connectivity index (χ4n) is 2.09. The standard InChI is InChI=1S/C20H24N2OS/c1-15(24-18-8-6-5-7-9-18)19(23)22-21-14-16-10-12-17(13-11-16)20(2,3)4/h5-15H,1-4H3,(H,22,23)/b21-14-/t15-/m0/s1. The first-order chi connectivity index (χ1) is 11.4. The molecule has 24 heavy (non-hydrogen) atoms. The maximum absolute atomic E-state index is 12.1. The molecule has 0 heterocycles. The number of benzene rings is 2. The summed E-state index contributed by atoms with van der Waals surface area (Å²) in [5, 5.41) is 3.86. The van der Waals surface area contributed by atoms with Crippen LogP contribution in [-0.2, 0) is 10.2 Å². The molecule has 2 aromatic rings. The minimum atomic E-state index is -0.201. The average molecular weight is 340 g/mol. The summed E-state index contributed by atoms with van der Waals surface area (Å²) < 4.78 is 0. The largest absolute Gasteiger partial charge is 0.272 e. The first kappa shape index (κ1) is 18.3. The lowest BCUT2D eigenvalue weighted by atomic mass is 9.87. The molecule has 0 fully saturated rings. The molecule has 0 spiro atoms. The third-order valence-corrected chi connectivity index (χ3v) is 4.70. The Labute approximate surface area is 148 Å². The average Bonchev–Trinajstić information content (AvgIpc) is 2.55. The zero-order valence-corrected chi connectivity index (χ0v) is 15.4. The normalized spacial score (nSPS) is 13.0. The molecule has 0 saturated heterocycles. The Bertz CT molecular complexity index is 688. The fourth-order valence-corrected chi connectivity index (χ4v) is 2.97. The lowest BCUT2D eigenvalue weighted by Gasteiger charge is -2.18. The summed E-state index contributed by atoms with van der Waals surface area (Å²) in [4.78, 5) is 13.1. The molecule has 126 valence electrons. The van der Waals surface area contributed by atoms with Gasteiger partial charge in [-0.25, -0.2) is 5.43 Å². The number of carbonyl (C=O) groups excluding carboxylic acids is 1. The highest BCUT2D eigenvalue weighted by Gasteiger charge is 2.14. The van der Waals surface area contributed by atoms with Crippen molar-refractivity contribution in [3.8, 4) is 0 Å². The highest BCUT2D eigenvalue weighted by Crippen LogP contribution is 2.23. The molecular weight excluding hydrogens is 316 g/mol. The summed E-state index contributed by atoms with van der Waals surface area (Å²) in [6.07, 6.45) is 1.67. The van der Waals surface area contributed by atoms with E-state index in [-0.39, 0.29) is 16.6 Å². The number of rotatable bonds is 5. The van der Waals surface area contributed by atoms with Crippen LogP contribution < -0.4 is 5.43 Å². The molecule has 2 rings (SSSR count). The van der Waals surface area contributed by atoms with E-state index in [9.17, 15) is 4.79 Å². The van der Waals surface area contributed by atoms with Crippen LogP contribution in [-0.4, -0.2) is 17.4 Å². The van der Waals surface area contributed by atoms with E-state index < -0.39 is 0 Å². The lowest BCUT2D eigenvalue weighted by Crippen LogP contribution is -2.26. The Morgan fingerprint density at radius 2 is 1.71 bits per heavy atom. The van der Waals surface area contributed by atoms with Crippen LogP contribution in [0, 0.1) is 0 Å². The lowest BCUT2D eigenvalue weighted by molar-refractivity contribution is -0.120. The SMILES string of the molecule is C[C@H](Sc1ccccc1)C(=O)N/N=C\c1ccc(C(C)(C)C)cc1. The third kappa shape index (κ3) is 5.53. The number of amides is 1. The Morgan fingerprint density at radius 3 is 2.29 bits per heavy atom. The summed E-state index contributed by atoms with van der Waals surface area (Å²) in [7, 11) is 0. The number of nitrogens with one attached hydrogen (secondary N) is 1. The van der Waals surface area contributed by atoms with Gasteiger partial charge in [0.2, 0.25) is 0 Å². The molecular formula is C20H24N2OS. The summed E-state index contributed by atoms with van der Waals surface area (Å²) in [5.41, 5.74) is 4.98. The van der Waals surface area contributed by atoms with E-state index >= 15 is 0 Å². The van der Waals surface area contributed by atoms with Crippen molar-refractivity contribution in [2.24, 2.45) is 5.10 Å². The zero-order valence-electron chi connectivity index (χ0n) is 14.6. The number of hydrogen-bond donors (Lipinski definition) is 1.